The van der Waals surface area contributed by atoms with Crippen LogP contribution in [-0.4, -0.2) is 32.5 Å². The van der Waals surface area contributed by atoms with Gasteiger partial charge < -0.3 is 14.4 Å². The van der Waals surface area contributed by atoms with Crippen LogP contribution in [0.25, 0.3) is 10.9 Å². The van der Waals surface area contributed by atoms with E-state index in [4.69, 9.17) is 4.52 Å². The normalized spacial score (nSPS) is 16.9. The zero-order chi connectivity index (χ0) is 22.3. The summed E-state index contributed by atoms with van der Waals surface area (Å²) in [6.07, 6.45) is -1.99. The summed E-state index contributed by atoms with van der Waals surface area (Å²) < 4.78 is 45.2. The van der Waals surface area contributed by atoms with Gasteiger partial charge in [-0.25, -0.2) is 0 Å². The first kappa shape index (κ1) is 20.3. The SMILES string of the molecule is O=C1CC(c2noc(Cc3c[nH]c4ccccc34)n2)CN1Cc1ccccc1C(F)(F)F. The fourth-order valence-corrected chi connectivity index (χ4v) is 4.18. The molecule has 2 aromatic carbocycles. The van der Waals surface area contributed by atoms with Crippen LogP contribution in [0.3, 0.4) is 0 Å². The van der Waals surface area contributed by atoms with E-state index in [0.717, 1.165) is 22.5 Å². The Morgan fingerprint density at radius 2 is 1.88 bits per heavy atom. The third kappa shape index (κ3) is 3.86. The van der Waals surface area contributed by atoms with Gasteiger partial charge in [-0.1, -0.05) is 41.6 Å². The number of nitrogens with one attached hydrogen (secondary N) is 1. The molecule has 5 rings (SSSR count). The molecule has 2 aromatic heterocycles. The van der Waals surface area contributed by atoms with Gasteiger partial charge in [0.1, 0.15) is 0 Å². The number of alkyl halides is 3. The Labute approximate surface area is 181 Å². The van der Waals surface area contributed by atoms with Gasteiger partial charge in [-0.2, -0.15) is 18.2 Å². The van der Waals surface area contributed by atoms with E-state index >= 15 is 0 Å². The molecule has 1 unspecified atom stereocenters. The lowest BCUT2D eigenvalue weighted by atomic mass is 10.1. The molecule has 0 aliphatic carbocycles. The van der Waals surface area contributed by atoms with Crippen molar-refractivity contribution in [2.45, 2.75) is 31.5 Å². The average molecular weight is 440 g/mol. The molecule has 1 aliphatic heterocycles. The average Bonchev–Trinajstić information content (AvgIpc) is 3.48. The lowest BCUT2D eigenvalue weighted by Crippen LogP contribution is -2.26. The van der Waals surface area contributed by atoms with Crippen molar-refractivity contribution in [2.75, 3.05) is 6.54 Å². The van der Waals surface area contributed by atoms with E-state index in [1.807, 2.05) is 30.5 Å². The summed E-state index contributed by atoms with van der Waals surface area (Å²) in [5.41, 5.74) is 1.38. The van der Waals surface area contributed by atoms with Crippen LogP contribution in [-0.2, 0) is 23.9 Å². The number of H-pyrrole nitrogens is 1. The number of para-hydroxylation sites is 1. The van der Waals surface area contributed by atoms with Crippen LogP contribution in [0.4, 0.5) is 13.2 Å². The van der Waals surface area contributed by atoms with Gasteiger partial charge in [0.05, 0.1) is 12.0 Å². The Morgan fingerprint density at radius 3 is 2.72 bits per heavy atom. The minimum atomic E-state index is -4.47. The van der Waals surface area contributed by atoms with Gasteiger partial charge in [-0.3, -0.25) is 4.79 Å². The smallest absolute Gasteiger partial charge is 0.361 e. The van der Waals surface area contributed by atoms with Crippen LogP contribution in [0, 0.1) is 0 Å². The molecule has 164 valence electrons. The number of carbonyl (C=O) groups is 1. The van der Waals surface area contributed by atoms with Crippen LogP contribution in [0.15, 0.2) is 59.3 Å². The van der Waals surface area contributed by atoms with E-state index in [1.54, 1.807) is 6.07 Å². The fourth-order valence-electron chi connectivity index (χ4n) is 4.18. The summed E-state index contributed by atoms with van der Waals surface area (Å²) in [5.74, 6) is 0.286. The molecule has 6 nitrogen and oxygen atoms in total. The summed E-state index contributed by atoms with van der Waals surface area (Å²) in [7, 11) is 0. The molecule has 0 radical (unpaired) electrons. The van der Waals surface area contributed by atoms with Crippen molar-refractivity contribution in [3.8, 4) is 0 Å². The molecule has 3 heterocycles. The lowest BCUT2D eigenvalue weighted by molar-refractivity contribution is -0.139. The first-order valence-electron chi connectivity index (χ1n) is 10.2. The number of benzene rings is 2. The van der Waals surface area contributed by atoms with Gasteiger partial charge in [0.2, 0.25) is 11.8 Å². The lowest BCUT2D eigenvalue weighted by Gasteiger charge is -2.19. The zero-order valence-corrected chi connectivity index (χ0v) is 16.9. The molecule has 9 heteroatoms. The van der Waals surface area contributed by atoms with Gasteiger partial charge in [0, 0.05) is 42.5 Å². The van der Waals surface area contributed by atoms with Crippen molar-refractivity contribution < 1.29 is 22.5 Å². The first-order valence-corrected chi connectivity index (χ1v) is 10.2. The number of hydrogen-bond donors (Lipinski definition) is 1. The standard InChI is InChI=1S/C23H19F3N4O2/c24-23(25,26)18-7-3-1-5-14(18)12-30-13-16(10-21(30)31)22-28-20(32-29-22)9-15-11-27-19-8-4-2-6-17(15)19/h1-8,11,16,27H,9-10,12-13H2. The number of fused-ring (bicyclic) bond motifs is 1. The highest BCUT2D eigenvalue weighted by atomic mass is 19.4. The minimum absolute atomic E-state index is 0.0714. The van der Waals surface area contributed by atoms with Gasteiger partial charge in [0.15, 0.2) is 5.82 Å². The largest absolute Gasteiger partial charge is 0.416 e. The second kappa shape index (κ2) is 7.81. The number of halogens is 3. The van der Waals surface area contributed by atoms with Crippen molar-refractivity contribution in [1.29, 1.82) is 0 Å². The molecular formula is C23H19F3N4O2. The van der Waals surface area contributed by atoms with E-state index in [0.29, 0.717) is 18.1 Å². The number of hydrogen-bond acceptors (Lipinski definition) is 4. The summed E-state index contributed by atoms with van der Waals surface area (Å²) in [4.78, 5) is 21.6. The van der Waals surface area contributed by atoms with E-state index < -0.39 is 11.7 Å². The number of amides is 1. The fraction of sp³-hybridized carbons (Fsp3) is 0.261. The summed E-state index contributed by atoms with van der Waals surface area (Å²) >= 11 is 0. The summed E-state index contributed by atoms with van der Waals surface area (Å²) in [5, 5.41) is 5.10. The number of rotatable bonds is 5. The molecule has 0 saturated carbocycles. The molecule has 4 aromatic rings. The predicted octanol–water partition coefficient (Wildman–Crippen LogP) is 4.68. The molecule has 32 heavy (non-hydrogen) atoms. The molecule has 1 atom stereocenters. The maximum absolute atomic E-state index is 13.3. The number of aromatic nitrogens is 3. The van der Waals surface area contributed by atoms with Gasteiger partial charge >= 0.3 is 6.18 Å². The Bertz CT molecular complexity index is 1280. The van der Waals surface area contributed by atoms with Gasteiger partial charge in [0.25, 0.3) is 0 Å². The first-order chi connectivity index (χ1) is 15.4. The number of nitrogens with zero attached hydrogens (tertiary/aromatic N) is 3. The van der Waals surface area contributed by atoms with E-state index in [2.05, 4.69) is 15.1 Å². The quantitative estimate of drug-likeness (QED) is 0.489. The molecule has 1 aliphatic rings. The van der Waals surface area contributed by atoms with Crippen molar-refractivity contribution >= 4 is 16.8 Å². The van der Waals surface area contributed by atoms with E-state index in [1.165, 1.54) is 17.0 Å². The topological polar surface area (TPSA) is 75.0 Å². The number of likely N-dealkylation sites (tertiary alicyclic amines) is 1. The Morgan fingerprint density at radius 1 is 1.09 bits per heavy atom. The third-order valence-corrected chi connectivity index (χ3v) is 5.76. The molecule has 1 fully saturated rings. The van der Waals surface area contributed by atoms with E-state index in [-0.39, 0.29) is 36.9 Å². The van der Waals surface area contributed by atoms with Gasteiger partial charge in [-0.15, -0.1) is 0 Å². The summed E-state index contributed by atoms with van der Waals surface area (Å²) in [6, 6.07) is 13.2. The van der Waals surface area contributed by atoms with Crippen molar-refractivity contribution in [1.82, 2.24) is 20.0 Å². The van der Waals surface area contributed by atoms with Crippen molar-refractivity contribution in [3.05, 3.63) is 83.1 Å². The number of carbonyl (C=O) groups excluding carboxylic acids is 1. The molecule has 1 saturated heterocycles. The maximum Gasteiger partial charge on any atom is 0.416 e. The molecule has 1 amide bonds. The monoisotopic (exact) mass is 440 g/mol. The second-order valence-electron chi connectivity index (χ2n) is 7.91. The van der Waals surface area contributed by atoms with Crippen LogP contribution in [0.2, 0.25) is 0 Å². The van der Waals surface area contributed by atoms with Gasteiger partial charge in [-0.05, 0) is 23.3 Å². The van der Waals surface area contributed by atoms with Crippen molar-refractivity contribution in [3.63, 3.8) is 0 Å². The van der Waals surface area contributed by atoms with Crippen LogP contribution >= 0.6 is 0 Å². The van der Waals surface area contributed by atoms with Crippen LogP contribution in [0.5, 0.6) is 0 Å². The highest BCUT2D eigenvalue weighted by molar-refractivity contribution is 5.83. The molecular weight excluding hydrogens is 421 g/mol. The van der Waals surface area contributed by atoms with Crippen LogP contribution in [0.1, 0.15) is 40.7 Å². The Balaban J connectivity index is 1.30. The third-order valence-electron chi connectivity index (χ3n) is 5.76. The predicted molar refractivity (Wildman–Crippen MR) is 110 cm³/mol. The highest BCUT2D eigenvalue weighted by Crippen LogP contribution is 2.34. The van der Waals surface area contributed by atoms with Crippen molar-refractivity contribution in [2.24, 2.45) is 0 Å². The van der Waals surface area contributed by atoms with Crippen LogP contribution < -0.4 is 0 Å². The van der Waals surface area contributed by atoms with E-state index in [9.17, 15) is 18.0 Å². The minimum Gasteiger partial charge on any atom is -0.361 e. The molecule has 0 spiro atoms. The maximum atomic E-state index is 13.3. The molecule has 0 bridgehead atoms. The summed E-state index contributed by atoms with van der Waals surface area (Å²) in [6.45, 7) is 0.141. The molecule has 1 N–H and O–H groups in total. The Kier molecular flexibility index (Phi) is 4.96. The Hall–Kier alpha value is -3.62. The zero-order valence-electron chi connectivity index (χ0n) is 16.9. The highest BCUT2D eigenvalue weighted by Gasteiger charge is 2.37. The second-order valence-corrected chi connectivity index (χ2v) is 7.91. The number of aromatic amines is 1.